The van der Waals surface area contributed by atoms with Crippen LogP contribution >= 0.6 is 0 Å². The molecule has 1 heterocycles. The molecule has 0 N–H and O–H groups in total. The molecule has 4 nitrogen and oxygen atoms in total. The molecule has 0 spiro atoms. The molecule has 1 aliphatic heterocycles. The summed E-state index contributed by atoms with van der Waals surface area (Å²) in [5, 5.41) is 2.43. The molecule has 140 valence electrons. The van der Waals surface area contributed by atoms with E-state index in [0.717, 1.165) is 6.54 Å². The van der Waals surface area contributed by atoms with E-state index < -0.39 is 15.8 Å². The van der Waals surface area contributed by atoms with Crippen molar-refractivity contribution in [2.24, 2.45) is 0 Å². The largest absolute Gasteiger partial charge is 0.296 e. The predicted molar refractivity (Wildman–Crippen MR) is 104 cm³/mol. The molecule has 1 fully saturated rings. The summed E-state index contributed by atoms with van der Waals surface area (Å²) >= 11 is 0. The molecule has 0 atom stereocenters. The summed E-state index contributed by atoms with van der Waals surface area (Å²) in [6.07, 6.45) is 0. The van der Waals surface area contributed by atoms with Crippen molar-refractivity contribution in [2.75, 3.05) is 26.2 Å². The van der Waals surface area contributed by atoms with Gasteiger partial charge in [-0.25, -0.2) is 12.8 Å². The number of hydrogen-bond donors (Lipinski definition) is 0. The van der Waals surface area contributed by atoms with E-state index in [-0.39, 0.29) is 4.90 Å². The number of piperazine rings is 1. The molecule has 4 rings (SSSR count). The number of hydrogen-bond acceptors (Lipinski definition) is 3. The van der Waals surface area contributed by atoms with Gasteiger partial charge in [-0.15, -0.1) is 0 Å². The number of halogens is 1. The fourth-order valence-corrected chi connectivity index (χ4v) is 5.08. The van der Waals surface area contributed by atoms with Crippen LogP contribution in [0.25, 0.3) is 10.8 Å². The third kappa shape index (κ3) is 3.60. The van der Waals surface area contributed by atoms with Gasteiger partial charge in [0.15, 0.2) is 0 Å². The molecule has 6 heteroatoms. The molecule has 0 saturated carbocycles. The van der Waals surface area contributed by atoms with E-state index >= 15 is 0 Å². The Morgan fingerprint density at radius 1 is 0.815 bits per heavy atom. The topological polar surface area (TPSA) is 40.6 Å². The zero-order valence-electron chi connectivity index (χ0n) is 14.9. The van der Waals surface area contributed by atoms with Gasteiger partial charge < -0.3 is 0 Å². The average Bonchev–Trinajstić information content (AvgIpc) is 2.69. The molecule has 27 heavy (non-hydrogen) atoms. The van der Waals surface area contributed by atoms with Crippen LogP contribution in [0.4, 0.5) is 4.39 Å². The summed E-state index contributed by atoms with van der Waals surface area (Å²) in [6.45, 7) is 2.74. The third-order valence-corrected chi connectivity index (χ3v) is 6.99. The number of fused-ring (bicyclic) bond motifs is 1. The molecule has 3 aromatic rings. The normalized spacial score (nSPS) is 16.6. The Balaban J connectivity index is 1.47. The lowest BCUT2D eigenvalue weighted by Crippen LogP contribution is -2.48. The van der Waals surface area contributed by atoms with Gasteiger partial charge >= 0.3 is 0 Å². The van der Waals surface area contributed by atoms with E-state index in [1.807, 2.05) is 12.1 Å². The zero-order chi connectivity index (χ0) is 18.9. The molecule has 3 aromatic carbocycles. The second-order valence-corrected chi connectivity index (χ2v) is 8.66. The molecule has 0 unspecified atom stereocenters. The van der Waals surface area contributed by atoms with Crippen molar-refractivity contribution in [3.8, 4) is 0 Å². The monoisotopic (exact) mass is 384 g/mol. The maximum atomic E-state index is 13.9. The SMILES string of the molecule is O=S(=O)(c1ccccc1F)N1CCN(Cc2cccc3ccccc23)CC1. The summed E-state index contributed by atoms with van der Waals surface area (Å²) in [5.41, 5.74) is 1.23. The first-order chi connectivity index (χ1) is 13.1. The zero-order valence-corrected chi connectivity index (χ0v) is 15.7. The Morgan fingerprint density at radius 3 is 2.26 bits per heavy atom. The molecule has 0 aromatic heterocycles. The van der Waals surface area contributed by atoms with Crippen molar-refractivity contribution < 1.29 is 12.8 Å². The lowest BCUT2D eigenvalue weighted by Gasteiger charge is -2.34. The highest BCUT2D eigenvalue weighted by Gasteiger charge is 2.30. The van der Waals surface area contributed by atoms with Crippen molar-refractivity contribution >= 4 is 20.8 Å². The van der Waals surface area contributed by atoms with Gasteiger partial charge in [0.25, 0.3) is 0 Å². The predicted octanol–water partition coefficient (Wildman–Crippen LogP) is 3.49. The van der Waals surface area contributed by atoms with Gasteiger partial charge in [-0.05, 0) is 28.5 Å². The second-order valence-electron chi connectivity index (χ2n) is 6.75. The molecule has 0 amide bonds. The lowest BCUT2D eigenvalue weighted by molar-refractivity contribution is 0.182. The van der Waals surface area contributed by atoms with E-state index in [1.165, 1.54) is 38.8 Å². The third-order valence-electron chi connectivity index (χ3n) is 5.06. The fourth-order valence-electron chi connectivity index (χ4n) is 3.59. The minimum absolute atomic E-state index is 0.243. The van der Waals surface area contributed by atoms with Gasteiger partial charge in [-0.2, -0.15) is 4.31 Å². The van der Waals surface area contributed by atoms with Crippen LogP contribution in [-0.2, 0) is 16.6 Å². The fraction of sp³-hybridized carbons (Fsp3) is 0.238. The van der Waals surface area contributed by atoms with Crippen LogP contribution in [0.1, 0.15) is 5.56 Å². The van der Waals surface area contributed by atoms with Crippen molar-refractivity contribution in [3.63, 3.8) is 0 Å². The van der Waals surface area contributed by atoms with Crippen LogP contribution in [0.3, 0.4) is 0 Å². The van der Waals surface area contributed by atoms with Crippen LogP contribution in [-0.4, -0.2) is 43.8 Å². The Bertz CT molecular complexity index is 1060. The molecule has 1 saturated heterocycles. The van der Waals surface area contributed by atoms with Gasteiger partial charge in [0.1, 0.15) is 10.7 Å². The van der Waals surface area contributed by atoms with Gasteiger partial charge in [0.05, 0.1) is 0 Å². The number of rotatable bonds is 4. The van der Waals surface area contributed by atoms with Gasteiger partial charge in [0.2, 0.25) is 10.0 Å². The minimum atomic E-state index is -3.79. The first kappa shape index (κ1) is 18.1. The molecular weight excluding hydrogens is 363 g/mol. The molecule has 0 bridgehead atoms. The van der Waals surface area contributed by atoms with Crippen LogP contribution in [0.15, 0.2) is 71.6 Å². The van der Waals surface area contributed by atoms with Gasteiger partial charge in [-0.1, -0.05) is 54.6 Å². The van der Waals surface area contributed by atoms with Crippen LogP contribution in [0.5, 0.6) is 0 Å². The number of benzene rings is 3. The number of sulfonamides is 1. The van der Waals surface area contributed by atoms with Crippen LogP contribution in [0, 0.1) is 5.82 Å². The van der Waals surface area contributed by atoms with E-state index in [0.29, 0.717) is 26.2 Å². The molecular formula is C21H21FN2O2S. The molecule has 0 radical (unpaired) electrons. The highest BCUT2D eigenvalue weighted by atomic mass is 32.2. The minimum Gasteiger partial charge on any atom is -0.296 e. The summed E-state index contributed by atoms with van der Waals surface area (Å²) in [4.78, 5) is 2.00. The number of nitrogens with zero attached hydrogens (tertiary/aromatic N) is 2. The van der Waals surface area contributed by atoms with E-state index in [9.17, 15) is 12.8 Å². The first-order valence-electron chi connectivity index (χ1n) is 8.99. The van der Waals surface area contributed by atoms with Crippen molar-refractivity contribution in [1.82, 2.24) is 9.21 Å². The maximum Gasteiger partial charge on any atom is 0.246 e. The van der Waals surface area contributed by atoms with Crippen molar-refractivity contribution in [2.45, 2.75) is 11.4 Å². The van der Waals surface area contributed by atoms with E-state index in [2.05, 4.69) is 35.2 Å². The van der Waals surface area contributed by atoms with Crippen LogP contribution < -0.4 is 0 Å². The quantitative estimate of drug-likeness (QED) is 0.691. The van der Waals surface area contributed by atoms with Gasteiger partial charge in [-0.3, -0.25) is 4.90 Å². The Labute approximate surface area is 158 Å². The molecule has 0 aliphatic carbocycles. The second kappa shape index (κ2) is 7.38. The standard InChI is InChI=1S/C21H21FN2O2S/c22-20-10-3-4-11-21(20)27(25,26)24-14-12-23(13-15-24)16-18-8-5-7-17-6-1-2-9-19(17)18/h1-11H,12-16H2. The van der Waals surface area contributed by atoms with E-state index in [4.69, 9.17) is 0 Å². The van der Waals surface area contributed by atoms with Gasteiger partial charge in [0, 0.05) is 32.7 Å². The maximum absolute atomic E-state index is 13.9. The highest BCUT2D eigenvalue weighted by molar-refractivity contribution is 7.89. The summed E-state index contributed by atoms with van der Waals surface area (Å²) in [7, 11) is -3.79. The average molecular weight is 384 g/mol. The summed E-state index contributed by atoms with van der Waals surface area (Å²) in [6, 6.07) is 20.1. The smallest absolute Gasteiger partial charge is 0.246 e. The highest BCUT2D eigenvalue weighted by Crippen LogP contribution is 2.23. The summed E-state index contributed by atoms with van der Waals surface area (Å²) in [5.74, 6) is -0.698. The van der Waals surface area contributed by atoms with Crippen molar-refractivity contribution in [1.29, 1.82) is 0 Å². The Morgan fingerprint density at radius 2 is 1.48 bits per heavy atom. The Hall–Kier alpha value is -2.28. The Kier molecular flexibility index (Phi) is 4.95. The summed E-state index contributed by atoms with van der Waals surface area (Å²) < 4.78 is 40.7. The molecule has 1 aliphatic rings. The lowest BCUT2D eigenvalue weighted by atomic mass is 10.0. The van der Waals surface area contributed by atoms with E-state index in [1.54, 1.807) is 6.07 Å². The first-order valence-corrected chi connectivity index (χ1v) is 10.4. The van der Waals surface area contributed by atoms with Crippen molar-refractivity contribution in [3.05, 3.63) is 78.1 Å². The van der Waals surface area contributed by atoms with Crippen LogP contribution in [0.2, 0.25) is 0 Å².